The Morgan fingerprint density at radius 1 is 1.25 bits per heavy atom. The lowest BCUT2D eigenvalue weighted by atomic mass is 9.97. The van der Waals surface area contributed by atoms with Gasteiger partial charge in [-0.2, -0.15) is 0 Å². The number of hydrogen-bond acceptors (Lipinski definition) is 3. The zero-order valence-corrected chi connectivity index (χ0v) is 14.5. The van der Waals surface area contributed by atoms with Crippen molar-refractivity contribution in [2.75, 3.05) is 26.7 Å². The lowest BCUT2D eigenvalue weighted by molar-refractivity contribution is 0.0674. The van der Waals surface area contributed by atoms with Crippen molar-refractivity contribution in [3.63, 3.8) is 0 Å². The molecule has 1 fully saturated rings. The van der Waals surface area contributed by atoms with E-state index >= 15 is 0 Å². The monoisotopic (exact) mass is 323 g/mol. The van der Waals surface area contributed by atoms with Gasteiger partial charge in [0.2, 0.25) is 0 Å². The summed E-state index contributed by atoms with van der Waals surface area (Å²) in [6.07, 6.45) is 5.76. The van der Waals surface area contributed by atoms with Crippen LogP contribution in [0.5, 0.6) is 0 Å². The number of carbonyl (C=O) groups excluding carboxylic acids is 1. The fourth-order valence-corrected chi connectivity index (χ4v) is 3.35. The smallest absolute Gasteiger partial charge is 0.255 e. The number of nitrogens with zero attached hydrogens (tertiary/aromatic N) is 2. The molecule has 24 heavy (non-hydrogen) atoms. The minimum absolute atomic E-state index is 0.0947. The van der Waals surface area contributed by atoms with Gasteiger partial charge in [0.15, 0.2) is 0 Å². The third-order valence-electron chi connectivity index (χ3n) is 4.67. The van der Waals surface area contributed by atoms with Crippen LogP contribution in [-0.4, -0.2) is 42.5 Å². The van der Waals surface area contributed by atoms with Gasteiger partial charge in [-0.1, -0.05) is 29.8 Å². The van der Waals surface area contributed by atoms with Crippen molar-refractivity contribution in [2.45, 2.75) is 19.8 Å². The second kappa shape index (κ2) is 7.58. The van der Waals surface area contributed by atoms with Gasteiger partial charge in [-0.3, -0.25) is 9.78 Å². The quantitative estimate of drug-likeness (QED) is 0.940. The van der Waals surface area contributed by atoms with E-state index in [4.69, 9.17) is 0 Å². The van der Waals surface area contributed by atoms with E-state index in [0.717, 1.165) is 37.2 Å². The van der Waals surface area contributed by atoms with Gasteiger partial charge >= 0.3 is 0 Å². The van der Waals surface area contributed by atoms with E-state index in [-0.39, 0.29) is 5.91 Å². The highest BCUT2D eigenvalue weighted by molar-refractivity contribution is 5.95. The lowest BCUT2D eigenvalue weighted by Gasteiger charge is -2.32. The van der Waals surface area contributed by atoms with E-state index in [2.05, 4.69) is 41.5 Å². The number of hydrogen-bond donors (Lipinski definition) is 1. The number of likely N-dealkylation sites (tertiary alicyclic amines) is 1. The van der Waals surface area contributed by atoms with Gasteiger partial charge < -0.3 is 10.2 Å². The van der Waals surface area contributed by atoms with Crippen LogP contribution in [0.15, 0.2) is 42.7 Å². The average Bonchev–Trinajstić information content (AvgIpc) is 2.62. The van der Waals surface area contributed by atoms with Crippen LogP contribution in [0.2, 0.25) is 0 Å². The number of amides is 1. The summed E-state index contributed by atoms with van der Waals surface area (Å²) in [5.74, 6) is 0.637. The van der Waals surface area contributed by atoms with Gasteiger partial charge in [0.25, 0.3) is 5.91 Å². The number of rotatable bonds is 4. The summed E-state index contributed by atoms with van der Waals surface area (Å²) in [6.45, 7) is 4.70. The summed E-state index contributed by atoms with van der Waals surface area (Å²) in [5, 5.41) is 3.22. The van der Waals surface area contributed by atoms with Crippen molar-refractivity contribution in [3.05, 3.63) is 53.9 Å². The highest BCUT2D eigenvalue weighted by Gasteiger charge is 2.24. The van der Waals surface area contributed by atoms with E-state index in [1.165, 1.54) is 12.0 Å². The Kier molecular flexibility index (Phi) is 5.26. The van der Waals surface area contributed by atoms with Gasteiger partial charge in [-0.25, -0.2) is 0 Å². The molecule has 2 aromatic rings. The third kappa shape index (κ3) is 3.82. The van der Waals surface area contributed by atoms with Gasteiger partial charge in [-0.15, -0.1) is 0 Å². The molecule has 0 spiro atoms. The van der Waals surface area contributed by atoms with Gasteiger partial charge in [0.1, 0.15) is 0 Å². The van der Waals surface area contributed by atoms with E-state index in [1.54, 1.807) is 6.20 Å². The normalized spacial score (nSPS) is 17.8. The first kappa shape index (κ1) is 16.7. The van der Waals surface area contributed by atoms with Crippen molar-refractivity contribution >= 4 is 5.91 Å². The Labute approximate surface area is 143 Å². The number of aryl methyl sites for hydroxylation is 1. The number of benzene rings is 1. The van der Waals surface area contributed by atoms with Crippen molar-refractivity contribution in [3.8, 4) is 11.1 Å². The second-order valence-corrected chi connectivity index (χ2v) is 6.65. The zero-order valence-electron chi connectivity index (χ0n) is 14.5. The predicted octanol–water partition coefficient (Wildman–Crippen LogP) is 3.13. The molecular formula is C20H25N3O. The molecule has 0 saturated carbocycles. The van der Waals surface area contributed by atoms with E-state index in [0.29, 0.717) is 11.5 Å². The SMILES string of the molecule is CNCC1CCCN(C(=O)c2cncc(-c3ccc(C)cc3)c2)C1. The largest absolute Gasteiger partial charge is 0.338 e. The molecule has 0 radical (unpaired) electrons. The summed E-state index contributed by atoms with van der Waals surface area (Å²) >= 11 is 0. The number of pyridine rings is 1. The van der Waals surface area contributed by atoms with Crippen molar-refractivity contribution in [1.29, 1.82) is 0 Å². The van der Waals surface area contributed by atoms with Gasteiger partial charge in [0.05, 0.1) is 5.56 Å². The molecule has 1 atom stereocenters. The molecule has 3 rings (SSSR count). The topological polar surface area (TPSA) is 45.2 Å². The van der Waals surface area contributed by atoms with Crippen LogP contribution in [0.3, 0.4) is 0 Å². The van der Waals surface area contributed by atoms with Crippen LogP contribution in [0, 0.1) is 12.8 Å². The van der Waals surface area contributed by atoms with Crippen LogP contribution in [0.25, 0.3) is 11.1 Å². The van der Waals surface area contributed by atoms with Crippen molar-refractivity contribution < 1.29 is 4.79 Å². The van der Waals surface area contributed by atoms with Gasteiger partial charge in [-0.05, 0) is 50.9 Å². The standard InChI is InChI=1S/C20H25N3O/c1-15-5-7-17(8-6-15)18-10-19(13-22-12-18)20(24)23-9-3-4-16(14-23)11-21-2/h5-8,10,12-13,16,21H,3-4,9,11,14H2,1-2H3. The first-order chi connectivity index (χ1) is 11.7. The summed E-state index contributed by atoms with van der Waals surface area (Å²) in [5.41, 5.74) is 3.99. The summed E-state index contributed by atoms with van der Waals surface area (Å²) in [7, 11) is 1.97. The van der Waals surface area contributed by atoms with E-state index in [1.807, 2.05) is 24.2 Å². The molecule has 2 heterocycles. The predicted molar refractivity (Wildman–Crippen MR) is 97.0 cm³/mol. The molecule has 1 aliphatic heterocycles. The van der Waals surface area contributed by atoms with Crippen LogP contribution < -0.4 is 5.32 Å². The highest BCUT2D eigenvalue weighted by Crippen LogP contribution is 2.22. The molecule has 1 aromatic heterocycles. The van der Waals surface area contributed by atoms with Crippen LogP contribution in [0.1, 0.15) is 28.8 Å². The fraction of sp³-hybridized carbons (Fsp3) is 0.400. The molecule has 0 bridgehead atoms. The first-order valence-electron chi connectivity index (χ1n) is 8.63. The Morgan fingerprint density at radius 2 is 2.04 bits per heavy atom. The van der Waals surface area contributed by atoms with Crippen LogP contribution in [-0.2, 0) is 0 Å². The minimum atomic E-state index is 0.0947. The fourth-order valence-electron chi connectivity index (χ4n) is 3.35. The summed E-state index contributed by atoms with van der Waals surface area (Å²) in [6, 6.07) is 10.3. The molecule has 1 amide bonds. The molecular weight excluding hydrogens is 298 g/mol. The molecule has 1 unspecified atom stereocenters. The van der Waals surface area contributed by atoms with E-state index < -0.39 is 0 Å². The molecule has 1 aliphatic rings. The molecule has 1 aromatic carbocycles. The lowest BCUT2D eigenvalue weighted by Crippen LogP contribution is -2.42. The minimum Gasteiger partial charge on any atom is -0.338 e. The van der Waals surface area contributed by atoms with Crippen LogP contribution in [0.4, 0.5) is 0 Å². The Bertz CT molecular complexity index is 694. The molecule has 4 heteroatoms. The summed E-state index contributed by atoms with van der Waals surface area (Å²) in [4.78, 5) is 19.1. The number of piperidine rings is 1. The molecule has 1 N–H and O–H groups in total. The average molecular weight is 323 g/mol. The van der Waals surface area contributed by atoms with Crippen LogP contribution >= 0.6 is 0 Å². The van der Waals surface area contributed by atoms with Crippen molar-refractivity contribution in [1.82, 2.24) is 15.2 Å². The maximum absolute atomic E-state index is 12.9. The Hall–Kier alpha value is -2.20. The number of carbonyl (C=O) groups is 1. The van der Waals surface area contributed by atoms with E-state index in [9.17, 15) is 4.79 Å². The molecule has 126 valence electrons. The Morgan fingerprint density at radius 3 is 2.79 bits per heavy atom. The first-order valence-corrected chi connectivity index (χ1v) is 8.63. The third-order valence-corrected chi connectivity index (χ3v) is 4.67. The maximum atomic E-state index is 12.9. The molecule has 0 aliphatic carbocycles. The Balaban J connectivity index is 1.78. The summed E-state index contributed by atoms with van der Waals surface area (Å²) < 4.78 is 0. The zero-order chi connectivity index (χ0) is 16.9. The highest BCUT2D eigenvalue weighted by atomic mass is 16.2. The van der Waals surface area contributed by atoms with Gasteiger partial charge in [0, 0.05) is 31.0 Å². The van der Waals surface area contributed by atoms with Crippen molar-refractivity contribution in [2.24, 2.45) is 5.92 Å². The molecule has 4 nitrogen and oxygen atoms in total. The second-order valence-electron chi connectivity index (χ2n) is 6.65. The number of aromatic nitrogens is 1. The molecule has 1 saturated heterocycles. The maximum Gasteiger partial charge on any atom is 0.255 e. The number of nitrogens with one attached hydrogen (secondary N) is 1.